The predicted molar refractivity (Wildman–Crippen MR) is 66.4 cm³/mol. The molecule has 90 valence electrons. The van der Waals surface area contributed by atoms with Crippen molar-refractivity contribution < 1.29 is 14.3 Å². The maximum atomic E-state index is 10.7. The highest BCUT2D eigenvalue weighted by Gasteiger charge is 1.89. The van der Waals surface area contributed by atoms with Gasteiger partial charge in [-0.3, -0.25) is 0 Å². The van der Waals surface area contributed by atoms with Crippen molar-refractivity contribution in [2.45, 2.75) is 6.61 Å². The number of methoxy groups -OCH3 is 1. The summed E-state index contributed by atoms with van der Waals surface area (Å²) in [5.41, 5.74) is 1.14. The number of rotatable bonds is 6. The molecule has 3 heteroatoms. The van der Waals surface area contributed by atoms with Crippen molar-refractivity contribution in [3.63, 3.8) is 0 Å². The van der Waals surface area contributed by atoms with Crippen molar-refractivity contribution in [3.05, 3.63) is 60.2 Å². The van der Waals surface area contributed by atoms with Crippen LogP contribution in [0.1, 0.15) is 5.56 Å². The standard InChI is InChI=1S/C14H16O3/c1-16-14(15)10-6-3-7-11-17-12-13-8-4-2-5-9-13/h2-10H,11-12H2,1H3/b7-3+,10-6+. The van der Waals surface area contributed by atoms with Crippen molar-refractivity contribution in [1.82, 2.24) is 0 Å². The van der Waals surface area contributed by atoms with Gasteiger partial charge in [0, 0.05) is 6.08 Å². The summed E-state index contributed by atoms with van der Waals surface area (Å²) in [6, 6.07) is 9.96. The number of carbonyl (C=O) groups excluding carboxylic acids is 1. The summed E-state index contributed by atoms with van der Waals surface area (Å²) in [5, 5.41) is 0. The van der Waals surface area contributed by atoms with Crippen molar-refractivity contribution in [1.29, 1.82) is 0 Å². The maximum absolute atomic E-state index is 10.7. The highest BCUT2D eigenvalue weighted by Crippen LogP contribution is 2.00. The summed E-state index contributed by atoms with van der Waals surface area (Å²) in [6.45, 7) is 1.10. The lowest BCUT2D eigenvalue weighted by atomic mass is 10.2. The molecule has 0 saturated heterocycles. The van der Waals surface area contributed by atoms with Gasteiger partial charge in [-0.25, -0.2) is 4.79 Å². The van der Waals surface area contributed by atoms with Crippen LogP contribution in [0.25, 0.3) is 0 Å². The second-order valence-corrected chi connectivity index (χ2v) is 3.31. The number of hydrogen-bond donors (Lipinski definition) is 0. The van der Waals surface area contributed by atoms with E-state index in [4.69, 9.17) is 4.74 Å². The topological polar surface area (TPSA) is 35.5 Å². The Bertz CT molecular complexity index is 380. The van der Waals surface area contributed by atoms with Crippen LogP contribution >= 0.6 is 0 Å². The molecule has 0 radical (unpaired) electrons. The smallest absolute Gasteiger partial charge is 0.330 e. The van der Waals surface area contributed by atoms with Crippen LogP contribution in [-0.4, -0.2) is 19.7 Å². The molecule has 17 heavy (non-hydrogen) atoms. The average Bonchev–Trinajstić information content (AvgIpc) is 2.38. The SMILES string of the molecule is COC(=O)/C=C/C=C/COCc1ccccc1. The predicted octanol–water partition coefficient (Wildman–Crippen LogP) is 2.49. The van der Waals surface area contributed by atoms with Gasteiger partial charge in [0.15, 0.2) is 0 Å². The molecule has 0 aromatic heterocycles. The zero-order valence-corrected chi connectivity index (χ0v) is 9.84. The van der Waals surface area contributed by atoms with Gasteiger partial charge in [-0.05, 0) is 5.56 Å². The second kappa shape index (κ2) is 8.30. The Balaban J connectivity index is 2.14. The largest absolute Gasteiger partial charge is 0.466 e. The average molecular weight is 232 g/mol. The van der Waals surface area contributed by atoms with E-state index in [9.17, 15) is 4.79 Å². The van der Waals surface area contributed by atoms with Crippen LogP contribution in [0.5, 0.6) is 0 Å². The van der Waals surface area contributed by atoms with E-state index >= 15 is 0 Å². The normalized spacial score (nSPS) is 11.1. The first kappa shape index (κ1) is 13.2. The van der Waals surface area contributed by atoms with Crippen molar-refractivity contribution in [2.24, 2.45) is 0 Å². The zero-order valence-electron chi connectivity index (χ0n) is 9.84. The van der Waals surface area contributed by atoms with E-state index in [1.165, 1.54) is 13.2 Å². The monoisotopic (exact) mass is 232 g/mol. The van der Waals surface area contributed by atoms with Crippen LogP contribution in [0.3, 0.4) is 0 Å². The summed E-state index contributed by atoms with van der Waals surface area (Å²) in [6.07, 6.45) is 6.57. The minimum absolute atomic E-state index is 0.361. The fraction of sp³-hybridized carbons (Fsp3) is 0.214. The molecule has 0 unspecified atom stereocenters. The molecule has 0 spiro atoms. The van der Waals surface area contributed by atoms with Crippen LogP contribution in [0.2, 0.25) is 0 Å². The summed E-state index contributed by atoms with van der Waals surface area (Å²) in [5.74, 6) is -0.361. The molecule has 0 heterocycles. The fourth-order valence-corrected chi connectivity index (χ4v) is 1.16. The third-order valence-electron chi connectivity index (χ3n) is 2.01. The van der Waals surface area contributed by atoms with Gasteiger partial charge >= 0.3 is 5.97 Å². The summed E-state index contributed by atoms with van der Waals surface area (Å²) >= 11 is 0. The van der Waals surface area contributed by atoms with Gasteiger partial charge < -0.3 is 9.47 Å². The molecule has 1 aromatic carbocycles. The molecule has 0 N–H and O–H groups in total. The van der Waals surface area contributed by atoms with Gasteiger partial charge in [-0.15, -0.1) is 0 Å². The minimum Gasteiger partial charge on any atom is -0.466 e. The highest BCUT2D eigenvalue weighted by molar-refractivity contribution is 5.82. The number of benzene rings is 1. The third-order valence-corrected chi connectivity index (χ3v) is 2.01. The van der Waals surface area contributed by atoms with Crippen LogP contribution in [0.4, 0.5) is 0 Å². The molecule has 0 fully saturated rings. The Morgan fingerprint density at radius 2 is 2.00 bits per heavy atom. The molecule has 0 aliphatic heterocycles. The Kier molecular flexibility index (Phi) is 6.44. The first-order valence-electron chi connectivity index (χ1n) is 5.36. The molecule has 0 amide bonds. The second-order valence-electron chi connectivity index (χ2n) is 3.31. The van der Waals surface area contributed by atoms with E-state index in [0.717, 1.165) is 5.56 Å². The van der Waals surface area contributed by atoms with Gasteiger partial charge in [0.05, 0.1) is 20.3 Å². The number of carbonyl (C=O) groups is 1. The molecular weight excluding hydrogens is 216 g/mol. The highest BCUT2D eigenvalue weighted by atomic mass is 16.5. The fourth-order valence-electron chi connectivity index (χ4n) is 1.16. The van der Waals surface area contributed by atoms with E-state index in [1.54, 1.807) is 12.2 Å². The number of hydrogen-bond acceptors (Lipinski definition) is 3. The lowest BCUT2D eigenvalue weighted by Gasteiger charge is -2.00. The van der Waals surface area contributed by atoms with Gasteiger partial charge in [0.2, 0.25) is 0 Å². The maximum Gasteiger partial charge on any atom is 0.330 e. The van der Waals surface area contributed by atoms with Crippen molar-refractivity contribution in [2.75, 3.05) is 13.7 Å². The molecule has 0 bridgehead atoms. The number of ether oxygens (including phenoxy) is 2. The first-order valence-corrected chi connectivity index (χ1v) is 5.36. The van der Waals surface area contributed by atoms with Gasteiger partial charge in [0.1, 0.15) is 0 Å². The minimum atomic E-state index is -0.361. The Morgan fingerprint density at radius 1 is 1.24 bits per heavy atom. The summed E-state index contributed by atoms with van der Waals surface area (Å²) in [7, 11) is 1.35. The number of esters is 1. The Labute approximate surface area is 101 Å². The molecule has 0 atom stereocenters. The van der Waals surface area contributed by atoms with Crippen LogP contribution in [0.15, 0.2) is 54.6 Å². The third kappa shape index (κ3) is 6.33. The van der Waals surface area contributed by atoms with Crippen LogP contribution in [-0.2, 0) is 20.9 Å². The van der Waals surface area contributed by atoms with E-state index < -0.39 is 0 Å². The molecule has 1 rings (SSSR count). The zero-order chi connectivity index (χ0) is 12.3. The van der Waals surface area contributed by atoms with Crippen molar-refractivity contribution in [3.8, 4) is 0 Å². The van der Waals surface area contributed by atoms with Crippen LogP contribution in [0, 0.1) is 0 Å². The van der Waals surface area contributed by atoms with E-state index in [0.29, 0.717) is 13.2 Å². The molecule has 0 aliphatic carbocycles. The lowest BCUT2D eigenvalue weighted by Crippen LogP contribution is -1.93. The molecule has 1 aromatic rings. The van der Waals surface area contributed by atoms with Gasteiger partial charge in [-0.1, -0.05) is 48.6 Å². The molecule has 0 saturated carbocycles. The Morgan fingerprint density at radius 3 is 2.71 bits per heavy atom. The van der Waals surface area contributed by atoms with E-state index in [2.05, 4.69) is 4.74 Å². The van der Waals surface area contributed by atoms with Crippen LogP contribution < -0.4 is 0 Å². The van der Waals surface area contributed by atoms with E-state index in [1.807, 2.05) is 36.4 Å². The number of allylic oxidation sites excluding steroid dienone is 2. The molecule has 3 nitrogen and oxygen atoms in total. The summed E-state index contributed by atoms with van der Waals surface area (Å²) < 4.78 is 9.86. The first-order chi connectivity index (χ1) is 8.33. The lowest BCUT2D eigenvalue weighted by molar-refractivity contribution is -0.134. The molecule has 0 aliphatic rings. The molecular formula is C14H16O3. The Hall–Kier alpha value is -1.87. The van der Waals surface area contributed by atoms with Gasteiger partial charge in [-0.2, -0.15) is 0 Å². The summed E-state index contributed by atoms with van der Waals surface area (Å²) in [4.78, 5) is 10.7. The van der Waals surface area contributed by atoms with Gasteiger partial charge in [0.25, 0.3) is 0 Å². The van der Waals surface area contributed by atoms with Crippen molar-refractivity contribution >= 4 is 5.97 Å². The van der Waals surface area contributed by atoms with E-state index in [-0.39, 0.29) is 5.97 Å². The quantitative estimate of drug-likeness (QED) is 0.327.